The Morgan fingerprint density at radius 2 is 1.69 bits per heavy atom. The van der Waals surface area contributed by atoms with Gasteiger partial charge in [0.2, 0.25) is 15.6 Å². The van der Waals surface area contributed by atoms with Crippen LogP contribution < -0.4 is 5.56 Å². The molecule has 2 rings (SSSR count). The third-order valence-corrected chi connectivity index (χ3v) is 5.68. The van der Waals surface area contributed by atoms with Gasteiger partial charge in [-0.15, -0.1) is 0 Å². The Labute approximate surface area is 147 Å². The van der Waals surface area contributed by atoms with Crippen LogP contribution in [0.1, 0.15) is 18.5 Å². The smallest absolute Gasteiger partial charge is 0.317 e. The summed E-state index contributed by atoms with van der Waals surface area (Å²) in [6.45, 7) is 0.786. The quantitative estimate of drug-likeness (QED) is 0.736. The average molecular weight is 392 g/mol. The fourth-order valence-electron chi connectivity index (χ4n) is 2.51. The summed E-state index contributed by atoms with van der Waals surface area (Å²) < 4.78 is 80.9. The van der Waals surface area contributed by atoms with E-state index in [-0.39, 0.29) is 4.31 Å². The maximum atomic E-state index is 13.7. The first-order valence-electron chi connectivity index (χ1n) is 7.49. The van der Waals surface area contributed by atoms with Crippen LogP contribution in [0.4, 0.5) is 17.6 Å². The van der Waals surface area contributed by atoms with Gasteiger partial charge in [-0.1, -0.05) is 19.1 Å². The fraction of sp³-hybridized carbons (Fsp3) is 0.312. The second-order valence-electron chi connectivity index (χ2n) is 5.52. The number of benzene rings is 1. The van der Waals surface area contributed by atoms with Crippen LogP contribution in [0.25, 0.3) is 0 Å². The van der Waals surface area contributed by atoms with Gasteiger partial charge in [0.05, 0.1) is 4.90 Å². The summed E-state index contributed by atoms with van der Waals surface area (Å²) in [5.41, 5.74) is -0.910. The molecule has 0 saturated heterocycles. The van der Waals surface area contributed by atoms with Gasteiger partial charge in [-0.3, -0.25) is 4.79 Å². The molecule has 1 aromatic heterocycles. The Bertz CT molecular complexity index is 937. The number of halogens is 4. The summed E-state index contributed by atoms with van der Waals surface area (Å²) in [4.78, 5) is 11.0. The van der Waals surface area contributed by atoms with Crippen LogP contribution in [0.5, 0.6) is 0 Å². The molecule has 0 radical (unpaired) electrons. The van der Waals surface area contributed by atoms with Crippen LogP contribution in [0, 0.1) is 5.82 Å². The summed E-state index contributed by atoms with van der Waals surface area (Å²) in [5.74, 6) is -0.737. The normalized spacial score (nSPS) is 13.8. The summed E-state index contributed by atoms with van der Waals surface area (Å²) in [5, 5.41) is 0. The molecule has 0 aliphatic rings. The number of alkyl halides is 3. The third kappa shape index (κ3) is 3.96. The molecule has 1 aromatic carbocycles. The van der Waals surface area contributed by atoms with Crippen LogP contribution in [0.15, 0.2) is 52.3 Å². The summed E-state index contributed by atoms with van der Waals surface area (Å²) in [7, 11) is -3.28. The molecule has 5 nitrogen and oxygen atoms in total. The van der Waals surface area contributed by atoms with E-state index in [0.717, 1.165) is 47.2 Å². The number of pyridine rings is 1. The SMILES string of the molecule is CCN([C@H](c1ccc(F)cc1)C(F)(F)F)S(=O)(=O)c1ccc(=O)n(C)c1. The highest BCUT2D eigenvalue weighted by Gasteiger charge is 2.48. The first kappa shape index (κ1) is 20.1. The first-order chi connectivity index (χ1) is 12.0. The van der Waals surface area contributed by atoms with Crippen LogP contribution in [0.2, 0.25) is 0 Å². The molecule has 0 aliphatic carbocycles. The monoisotopic (exact) mass is 392 g/mol. The van der Waals surface area contributed by atoms with Gasteiger partial charge in [-0.2, -0.15) is 17.5 Å². The Morgan fingerprint density at radius 3 is 2.15 bits per heavy atom. The van der Waals surface area contributed by atoms with E-state index in [1.807, 2.05) is 0 Å². The Morgan fingerprint density at radius 1 is 1.12 bits per heavy atom. The van der Waals surface area contributed by atoms with Crippen molar-refractivity contribution in [1.29, 1.82) is 0 Å². The van der Waals surface area contributed by atoms with Gasteiger partial charge in [-0.05, 0) is 23.8 Å². The predicted molar refractivity (Wildman–Crippen MR) is 86.4 cm³/mol. The standard InChI is InChI=1S/C16H16F4N2O3S/c1-3-22(26(24,25)13-8-9-14(23)21(2)10-13)15(16(18,19)20)11-4-6-12(17)7-5-11/h4-10,15H,3H2,1-2H3/t15-/m1/s1. The minimum absolute atomic E-state index is 0.278. The summed E-state index contributed by atoms with van der Waals surface area (Å²) in [6.07, 6.45) is -3.97. The molecule has 0 fully saturated rings. The molecule has 142 valence electrons. The second-order valence-corrected chi connectivity index (χ2v) is 7.41. The van der Waals surface area contributed by atoms with Gasteiger partial charge < -0.3 is 4.57 Å². The van der Waals surface area contributed by atoms with Crippen LogP contribution >= 0.6 is 0 Å². The van der Waals surface area contributed by atoms with Crippen molar-refractivity contribution < 1.29 is 26.0 Å². The Hall–Kier alpha value is -2.20. The van der Waals surface area contributed by atoms with Crippen molar-refractivity contribution in [2.24, 2.45) is 7.05 Å². The van der Waals surface area contributed by atoms with E-state index in [2.05, 4.69) is 0 Å². The number of aromatic nitrogens is 1. The molecule has 0 saturated carbocycles. The molecule has 0 N–H and O–H groups in total. The van der Waals surface area contributed by atoms with E-state index in [1.54, 1.807) is 0 Å². The van der Waals surface area contributed by atoms with Crippen molar-refractivity contribution in [3.63, 3.8) is 0 Å². The minimum Gasteiger partial charge on any atom is -0.317 e. The largest absolute Gasteiger partial charge is 0.409 e. The molecule has 0 unspecified atom stereocenters. The number of nitrogens with zero attached hydrogens (tertiary/aromatic N) is 2. The molecule has 2 aromatic rings. The third-order valence-electron chi connectivity index (χ3n) is 3.76. The van der Waals surface area contributed by atoms with Crippen LogP contribution in [-0.4, -0.2) is 30.0 Å². The molecular weight excluding hydrogens is 376 g/mol. The average Bonchev–Trinajstić information content (AvgIpc) is 2.54. The maximum absolute atomic E-state index is 13.7. The van der Waals surface area contributed by atoms with E-state index in [4.69, 9.17) is 0 Å². The van der Waals surface area contributed by atoms with Crippen molar-refractivity contribution in [3.05, 3.63) is 64.3 Å². The number of aryl methyl sites for hydroxylation is 1. The summed E-state index contributed by atoms with van der Waals surface area (Å²) in [6, 6.07) is 2.88. The van der Waals surface area contributed by atoms with Gasteiger partial charge in [0, 0.05) is 25.9 Å². The Kier molecular flexibility index (Phi) is 5.57. The minimum atomic E-state index is -4.93. The molecule has 1 atom stereocenters. The first-order valence-corrected chi connectivity index (χ1v) is 8.93. The molecule has 10 heteroatoms. The molecular formula is C16H16F4N2O3S. The van der Waals surface area contributed by atoms with E-state index in [9.17, 15) is 30.8 Å². The lowest BCUT2D eigenvalue weighted by atomic mass is 10.1. The highest BCUT2D eigenvalue weighted by atomic mass is 32.2. The Balaban J connectivity index is 2.61. The maximum Gasteiger partial charge on any atom is 0.409 e. The molecule has 0 spiro atoms. The van der Waals surface area contributed by atoms with Gasteiger partial charge in [0.25, 0.3) is 0 Å². The lowest BCUT2D eigenvalue weighted by Crippen LogP contribution is -2.42. The lowest BCUT2D eigenvalue weighted by molar-refractivity contribution is -0.173. The van der Waals surface area contributed by atoms with Crippen molar-refractivity contribution >= 4 is 10.0 Å². The zero-order chi connectivity index (χ0) is 19.7. The highest BCUT2D eigenvalue weighted by Crippen LogP contribution is 2.40. The lowest BCUT2D eigenvalue weighted by Gasteiger charge is -2.31. The van der Waals surface area contributed by atoms with Crippen molar-refractivity contribution in [2.75, 3.05) is 6.54 Å². The second kappa shape index (κ2) is 7.20. The topological polar surface area (TPSA) is 59.4 Å². The van der Waals surface area contributed by atoms with Gasteiger partial charge in [0.1, 0.15) is 11.9 Å². The highest BCUT2D eigenvalue weighted by molar-refractivity contribution is 7.89. The van der Waals surface area contributed by atoms with E-state index < -0.39 is 50.6 Å². The van der Waals surface area contributed by atoms with Crippen LogP contribution in [-0.2, 0) is 17.1 Å². The van der Waals surface area contributed by atoms with E-state index in [0.29, 0.717) is 0 Å². The predicted octanol–water partition coefficient (Wildman–Crippen LogP) is 2.84. The number of hydrogen-bond donors (Lipinski definition) is 0. The molecule has 1 heterocycles. The fourth-order valence-corrected chi connectivity index (χ4v) is 4.17. The molecule has 0 aliphatic heterocycles. The van der Waals surface area contributed by atoms with Crippen molar-refractivity contribution in [1.82, 2.24) is 8.87 Å². The molecule has 0 amide bonds. The van der Waals surface area contributed by atoms with Crippen molar-refractivity contribution in [2.45, 2.75) is 24.0 Å². The summed E-state index contributed by atoms with van der Waals surface area (Å²) >= 11 is 0. The number of hydrogen-bond acceptors (Lipinski definition) is 3. The van der Waals surface area contributed by atoms with Gasteiger partial charge in [-0.25, -0.2) is 12.8 Å². The number of rotatable bonds is 5. The van der Waals surface area contributed by atoms with E-state index >= 15 is 0 Å². The van der Waals surface area contributed by atoms with Crippen LogP contribution in [0.3, 0.4) is 0 Å². The zero-order valence-corrected chi connectivity index (χ0v) is 14.7. The number of sulfonamides is 1. The van der Waals surface area contributed by atoms with Crippen molar-refractivity contribution in [3.8, 4) is 0 Å². The van der Waals surface area contributed by atoms with Gasteiger partial charge in [0.15, 0.2) is 0 Å². The zero-order valence-electron chi connectivity index (χ0n) is 13.9. The van der Waals surface area contributed by atoms with E-state index in [1.165, 1.54) is 14.0 Å². The molecule has 0 bridgehead atoms. The molecule has 26 heavy (non-hydrogen) atoms. The van der Waals surface area contributed by atoms with Gasteiger partial charge >= 0.3 is 6.18 Å².